The van der Waals surface area contributed by atoms with Crippen LogP contribution in [0.1, 0.15) is 6.92 Å². The average molecular weight is 306 g/mol. The predicted molar refractivity (Wildman–Crippen MR) is 39.1 cm³/mol. The maximum atomic E-state index is 11.7. The van der Waals surface area contributed by atoms with Crippen LogP contribution in [0, 0.1) is 5.92 Å². The molecule has 0 aromatic carbocycles. The molecule has 0 heterocycles. The van der Waals surface area contributed by atoms with Crippen LogP contribution in [-0.2, 0) is 0 Å². The van der Waals surface area contributed by atoms with Gasteiger partial charge >= 0.3 is 12.4 Å². The van der Waals surface area contributed by atoms with Gasteiger partial charge in [-0.2, -0.15) is 26.3 Å². The monoisotopic (exact) mass is 306 g/mol. The molecular formula is C5H5F6I. The second kappa shape index (κ2) is 3.59. The van der Waals surface area contributed by atoms with Gasteiger partial charge in [-0.15, -0.1) is 0 Å². The number of halogens is 7. The molecule has 7 heteroatoms. The van der Waals surface area contributed by atoms with E-state index in [1.54, 1.807) is 0 Å². The zero-order valence-electron chi connectivity index (χ0n) is 5.80. The Labute approximate surface area is 78.5 Å². The lowest BCUT2D eigenvalue weighted by Crippen LogP contribution is -2.41. The van der Waals surface area contributed by atoms with Crippen LogP contribution in [0.5, 0.6) is 0 Å². The molecule has 1 atom stereocenters. The van der Waals surface area contributed by atoms with Crippen molar-refractivity contribution < 1.29 is 26.3 Å². The summed E-state index contributed by atoms with van der Waals surface area (Å²) in [6.07, 6.45) is -10.4. The smallest absolute Gasteiger partial charge is 0.170 e. The van der Waals surface area contributed by atoms with Crippen LogP contribution in [0.15, 0.2) is 0 Å². The van der Waals surface area contributed by atoms with E-state index in [0.717, 1.165) is 29.5 Å². The van der Waals surface area contributed by atoms with Gasteiger partial charge in [0.05, 0.1) is 0 Å². The first kappa shape index (κ1) is 12.3. The molecule has 0 saturated heterocycles. The molecule has 0 saturated carbocycles. The summed E-state index contributed by atoms with van der Waals surface area (Å²) in [7, 11) is 0. The summed E-state index contributed by atoms with van der Waals surface area (Å²) in [6, 6.07) is 0. The second-order valence-electron chi connectivity index (χ2n) is 2.24. The van der Waals surface area contributed by atoms with Crippen molar-refractivity contribution in [3.05, 3.63) is 0 Å². The third-order valence-corrected chi connectivity index (χ3v) is 1.88. The number of alkyl halides is 7. The van der Waals surface area contributed by atoms with Gasteiger partial charge in [0, 0.05) is 3.92 Å². The van der Waals surface area contributed by atoms with Crippen LogP contribution in [0.4, 0.5) is 26.3 Å². The minimum Gasteiger partial charge on any atom is -0.170 e. The first-order valence-electron chi connectivity index (χ1n) is 2.84. The van der Waals surface area contributed by atoms with Gasteiger partial charge in [0.25, 0.3) is 0 Å². The SMILES string of the molecule is C[C@H](I)C(C(F)(F)F)C(F)(F)F. The molecule has 0 unspecified atom stereocenters. The average Bonchev–Trinajstić information content (AvgIpc) is 1.49. The van der Waals surface area contributed by atoms with Crippen molar-refractivity contribution in [2.24, 2.45) is 5.92 Å². The minimum atomic E-state index is -5.21. The zero-order chi connectivity index (χ0) is 10.2. The number of hydrogen-bond donors (Lipinski definition) is 0. The fourth-order valence-electron chi connectivity index (χ4n) is 0.706. The van der Waals surface area contributed by atoms with Crippen LogP contribution in [-0.4, -0.2) is 16.3 Å². The number of hydrogen-bond acceptors (Lipinski definition) is 0. The highest BCUT2D eigenvalue weighted by Gasteiger charge is 2.58. The largest absolute Gasteiger partial charge is 0.401 e. The molecule has 0 N–H and O–H groups in total. The van der Waals surface area contributed by atoms with E-state index >= 15 is 0 Å². The molecule has 0 fully saturated rings. The maximum Gasteiger partial charge on any atom is 0.401 e. The predicted octanol–water partition coefficient (Wildman–Crippen LogP) is 3.55. The van der Waals surface area contributed by atoms with Gasteiger partial charge in [-0.1, -0.05) is 29.5 Å². The highest BCUT2D eigenvalue weighted by Crippen LogP contribution is 2.43. The summed E-state index contributed by atoms with van der Waals surface area (Å²) < 4.78 is 68.9. The van der Waals surface area contributed by atoms with Gasteiger partial charge in [0.15, 0.2) is 5.92 Å². The van der Waals surface area contributed by atoms with Crippen molar-refractivity contribution in [2.75, 3.05) is 0 Å². The quantitative estimate of drug-likeness (QED) is 0.395. The summed E-state index contributed by atoms with van der Waals surface area (Å²) in [5.74, 6) is -3.23. The van der Waals surface area contributed by atoms with E-state index in [9.17, 15) is 26.3 Å². The van der Waals surface area contributed by atoms with E-state index in [1.165, 1.54) is 0 Å². The van der Waals surface area contributed by atoms with Crippen LogP contribution < -0.4 is 0 Å². The summed E-state index contributed by atoms with van der Waals surface area (Å²) in [6.45, 7) is 0.881. The Bertz CT molecular complexity index is 131. The van der Waals surface area contributed by atoms with E-state index in [2.05, 4.69) is 0 Å². The first-order valence-corrected chi connectivity index (χ1v) is 4.09. The van der Waals surface area contributed by atoms with Gasteiger partial charge in [-0.3, -0.25) is 0 Å². The van der Waals surface area contributed by atoms with Gasteiger partial charge in [-0.25, -0.2) is 0 Å². The maximum absolute atomic E-state index is 11.7. The van der Waals surface area contributed by atoms with Gasteiger partial charge in [0.2, 0.25) is 0 Å². The van der Waals surface area contributed by atoms with Crippen LogP contribution in [0.25, 0.3) is 0 Å². The van der Waals surface area contributed by atoms with Crippen molar-refractivity contribution in [1.29, 1.82) is 0 Å². The summed E-state index contributed by atoms with van der Waals surface area (Å²) in [4.78, 5) is 0. The molecule has 0 rings (SSSR count). The van der Waals surface area contributed by atoms with Crippen molar-refractivity contribution in [1.82, 2.24) is 0 Å². The zero-order valence-corrected chi connectivity index (χ0v) is 7.96. The second-order valence-corrected chi connectivity index (χ2v) is 4.20. The van der Waals surface area contributed by atoms with Crippen molar-refractivity contribution >= 4 is 22.6 Å². The van der Waals surface area contributed by atoms with Gasteiger partial charge in [0.1, 0.15) is 0 Å². The topological polar surface area (TPSA) is 0 Å². The van der Waals surface area contributed by atoms with E-state index in [-0.39, 0.29) is 0 Å². The minimum absolute atomic E-state index is 0.881. The third-order valence-electron chi connectivity index (χ3n) is 1.16. The lowest BCUT2D eigenvalue weighted by Gasteiger charge is -2.24. The molecule has 0 spiro atoms. The van der Waals surface area contributed by atoms with E-state index in [0.29, 0.717) is 0 Å². The molecule has 0 radical (unpaired) electrons. The molecule has 0 aromatic rings. The van der Waals surface area contributed by atoms with Gasteiger partial charge < -0.3 is 0 Å². The normalized spacial score (nSPS) is 16.8. The molecule has 0 nitrogen and oxygen atoms in total. The van der Waals surface area contributed by atoms with E-state index < -0.39 is 22.2 Å². The highest BCUT2D eigenvalue weighted by molar-refractivity contribution is 14.1. The number of rotatable bonds is 1. The molecule has 74 valence electrons. The first-order chi connectivity index (χ1) is 5.07. The fourth-order valence-corrected chi connectivity index (χ4v) is 1.52. The van der Waals surface area contributed by atoms with Crippen molar-refractivity contribution in [2.45, 2.75) is 23.2 Å². The summed E-state index contributed by atoms with van der Waals surface area (Å²) in [5.41, 5.74) is 0. The highest BCUT2D eigenvalue weighted by atomic mass is 127. The van der Waals surface area contributed by atoms with E-state index in [4.69, 9.17) is 0 Å². The molecule has 0 aliphatic heterocycles. The molecule has 0 bridgehead atoms. The Kier molecular flexibility index (Phi) is 3.68. The Morgan fingerprint density at radius 3 is 1.17 bits per heavy atom. The lowest BCUT2D eigenvalue weighted by atomic mass is 10.1. The van der Waals surface area contributed by atoms with Crippen LogP contribution in [0.2, 0.25) is 0 Å². The van der Waals surface area contributed by atoms with Crippen molar-refractivity contribution in [3.8, 4) is 0 Å². The van der Waals surface area contributed by atoms with Crippen LogP contribution in [0.3, 0.4) is 0 Å². The van der Waals surface area contributed by atoms with E-state index in [1.807, 2.05) is 0 Å². The Balaban J connectivity index is 4.70. The molecule has 0 amide bonds. The Morgan fingerprint density at radius 1 is 0.917 bits per heavy atom. The molecule has 0 aromatic heterocycles. The fraction of sp³-hybridized carbons (Fsp3) is 1.00. The Morgan fingerprint density at radius 2 is 1.17 bits per heavy atom. The molecule has 12 heavy (non-hydrogen) atoms. The summed E-state index contributed by atoms with van der Waals surface area (Å²) in [5, 5.41) is 0. The third kappa shape index (κ3) is 3.36. The summed E-state index contributed by atoms with van der Waals surface area (Å²) >= 11 is 1.11. The standard InChI is InChI=1S/C5H5F6I/c1-2(12)3(4(6,7)8)5(9,10)11/h2-3H,1H3/t2-/m0/s1. The molecule has 0 aliphatic carbocycles. The molecule has 0 aliphatic rings. The van der Waals surface area contributed by atoms with Crippen LogP contribution >= 0.6 is 22.6 Å². The Hall–Kier alpha value is 0.310. The lowest BCUT2D eigenvalue weighted by molar-refractivity contribution is -0.281. The van der Waals surface area contributed by atoms with Gasteiger partial charge in [-0.05, 0) is 0 Å². The van der Waals surface area contributed by atoms with Crippen molar-refractivity contribution in [3.63, 3.8) is 0 Å². The molecular weight excluding hydrogens is 301 g/mol.